The SMILES string of the molecule is CCCCNc1ncnc(NC(C)c2ccccc2)c1[N+](=O)[O-]. The number of hydrogen-bond acceptors (Lipinski definition) is 6. The van der Waals surface area contributed by atoms with E-state index in [1.54, 1.807) is 0 Å². The van der Waals surface area contributed by atoms with Gasteiger partial charge in [-0.15, -0.1) is 0 Å². The van der Waals surface area contributed by atoms with Crippen LogP contribution in [0, 0.1) is 10.1 Å². The first-order valence-electron chi connectivity index (χ1n) is 7.68. The number of nitro groups is 1. The third-order valence-corrected chi connectivity index (χ3v) is 3.48. The molecule has 1 unspecified atom stereocenters. The Labute approximate surface area is 135 Å². The third kappa shape index (κ3) is 4.38. The van der Waals surface area contributed by atoms with Gasteiger partial charge in [0, 0.05) is 6.54 Å². The van der Waals surface area contributed by atoms with Gasteiger partial charge in [0.1, 0.15) is 6.33 Å². The molecule has 23 heavy (non-hydrogen) atoms. The van der Waals surface area contributed by atoms with Crippen LogP contribution in [0.5, 0.6) is 0 Å². The zero-order chi connectivity index (χ0) is 16.7. The van der Waals surface area contributed by atoms with Crippen molar-refractivity contribution in [3.63, 3.8) is 0 Å². The van der Waals surface area contributed by atoms with Crippen molar-refractivity contribution in [1.29, 1.82) is 0 Å². The quantitative estimate of drug-likeness (QED) is 0.437. The number of aromatic nitrogens is 2. The minimum Gasteiger partial charge on any atom is -0.364 e. The number of benzene rings is 1. The van der Waals surface area contributed by atoms with Crippen molar-refractivity contribution in [2.24, 2.45) is 0 Å². The Morgan fingerprint density at radius 2 is 1.91 bits per heavy atom. The number of unbranched alkanes of at least 4 members (excludes halogenated alkanes) is 1. The van der Waals surface area contributed by atoms with Crippen molar-refractivity contribution in [3.8, 4) is 0 Å². The normalized spacial score (nSPS) is 11.7. The van der Waals surface area contributed by atoms with Gasteiger partial charge in [-0.2, -0.15) is 0 Å². The summed E-state index contributed by atoms with van der Waals surface area (Å²) in [5, 5.41) is 17.6. The summed E-state index contributed by atoms with van der Waals surface area (Å²) in [6, 6.07) is 9.61. The van der Waals surface area contributed by atoms with Gasteiger partial charge in [-0.25, -0.2) is 9.97 Å². The first-order chi connectivity index (χ1) is 11.1. The molecule has 1 aromatic carbocycles. The minimum atomic E-state index is -0.450. The highest BCUT2D eigenvalue weighted by Gasteiger charge is 2.23. The van der Waals surface area contributed by atoms with E-state index in [4.69, 9.17) is 0 Å². The van der Waals surface area contributed by atoms with E-state index in [2.05, 4.69) is 27.5 Å². The highest BCUT2D eigenvalue weighted by atomic mass is 16.6. The number of rotatable bonds is 8. The van der Waals surface area contributed by atoms with Crippen LogP contribution in [0.2, 0.25) is 0 Å². The van der Waals surface area contributed by atoms with Crippen molar-refractivity contribution in [2.45, 2.75) is 32.7 Å². The molecule has 1 atom stereocenters. The first-order valence-corrected chi connectivity index (χ1v) is 7.68. The Bertz CT molecular complexity index is 648. The number of nitrogens with zero attached hydrogens (tertiary/aromatic N) is 3. The summed E-state index contributed by atoms with van der Waals surface area (Å²) < 4.78 is 0. The Balaban J connectivity index is 2.23. The van der Waals surface area contributed by atoms with Crippen LogP contribution in [0.25, 0.3) is 0 Å². The fourth-order valence-electron chi connectivity index (χ4n) is 2.20. The molecular formula is C16H21N5O2. The van der Waals surface area contributed by atoms with Gasteiger partial charge in [-0.3, -0.25) is 10.1 Å². The van der Waals surface area contributed by atoms with Gasteiger partial charge < -0.3 is 10.6 Å². The van der Waals surface area contributed by atoms with Crippen molar-refractivity contribution in [3.05, 3.63) is 52.3 Å². The maximum absolute atomic E-state index is 11.4. The second-order valence-corrected chi connectivity index (χ2v) is 5.23. The van der Waals surface area contributed by atoms with E-state index in [1.807, 2.05) is 37.3 Å². The zero-order valence-electron chi connectivity index (χ0n) is 13.3. The zero-order valence-corrected chi connectivity index (χ0v) is 13.3. The molecule has 122 valence electrons. The van der Waals surface area contributed by atoms with Crippen LogP contribution in [0.1, 0.15) is 38.3 Å². The second kappa shape index (κ2) is 8.07. The van der Waals surface area contributed by atoms with Gasteiger partial charge in [0.25, 0.3) is 0 Å². The molecular weight excluding hydrogens is 294 g/mol. The Morgan fingerprint density at radius 1 is 1.22 bits per heavy atom. The molecule has 0 saturated heterocycles. The summed E-state index contributed by atoms with van der Waals surface area (Å²) in [6.45, 7) is 4.64. The first kappa shape index (κ1) is 16.7. The molecule has 1 heterocycles. The topological polar surface area (TPSA) is 93.0 Å². The minimum absolute atomic E-state index is 0.103. The molecule has 0 bridgehead atoms. The van der Waals surface area contributed by atoms with E-state index >= 15 is 0 Å². The van der Waals surface area contributed by atoms with Crippen LogP contribution < -0.4 is 10.6 Å². The van der Waals surface area contributed by atoms with Crippen LogP contribution in [-0.4, -0.2) is 21.4 Å². The van der Waals surface area contributed by atoms with Crippen molar-refractivity contribution in [1.82, 2.24) is 9.97 Å². The molecule has 0 aliphatic rings. The second-order valence-electron chi connectivity index (χ2n) is 5.23. The summed E-state index contributed by atoms with van der Waals surface area (Å²) in [5.74, 6) is 0.474. The van der Waals surface area contributed by atoms with E-state index in [9.17, 15) is 10.1 Å². The van der Waals surface area contributed by atoms with Gasteiger partial charge >= 0.3 is 5.69 Å². The highest BCUT2D eigenvalue weighted by Crippen LogP contribution is 2.31. The fourth-order valence-corrected chi connectivity index (χ4v) is 2.20. The van der Waals surface area contributed by atoms with Crippen LogP contribution >= 0.6 is 0 Å². The smallest absolute Gasteiger partial charge is 0.353 e. The van der Waals surface area contributed by atoms with Crippen molar-refractivity contribution < 1.29 is 4.92 Å². The van der Waals surface area contributed by atoms with Gasteiger partial charge in [-0.05, 0) is 18.9 Å². The molecule has 0 radical (unpaired) electrons. The number of nitrogens with one attached hydrogen (secondary N) is 2. The highest BCUT2D eigenvalue weighted by molar-refractivity contribution is 5.69. The van der Waals surface area contributed by atoms with Crippen LogP contribution in [0.15, 0.2) is 36.7 Å². The maximum atomic E-state index is 11.4. The Hall–Kier alpha value is -2.70. The van der Waals surface area contributed by atoms with E-state index in [1.165, 1.54) is 6.33 Å². The number of hydrogen-bond donors (Lipinski definition) is 2. The van der Waals surface area contributed by atoms with Crippen LogP contribution in [-0.2, 0) is 0 Å². The summed E-state index contributed by atoms with van der Waals surface area (Å²) in [7, 11) is 0. The van der Waals surface area contributed by atoms with Crippen LogP contribution in [0.3, 0.4) is 0 Å². The molecule has 0 saturated carbocycles. The van der Waals surface area contributed by atoms with E-state index in [-0.39, 0.29) is 23.4 Å². The third-order valence-electron chi connectivity index (χ3n) is 3.48. The summed E-state index contributed by atoms with van der Waals surface area (Å²) >= 11 is 0. The molecule has 0 aliphatic heterocycles. The molecule has 1 aromatic heterocycles. The molecule has 0 aliphatic carbocycles. The predicted octanol–water partition coefficient (Wildman–Crippen LogP) is 3.77. The standard InChI is InChI=1S/C16H21N5O2/c1-3-4-10-17-15-14(21(22)23)16(19-11-18-15)20-12(2)13-8-6-5-7-9-13/h5-9,11-12H,3-4,10H2,1-2H3,(H2,17,18,19,20). The lowest BCUT2D eigenvalue weighted by atomic mass is 10.1. The van der Waals surface area contributed by atoms with E-state index < -0.39 is 4.92 Å². The van der Waals surface area contributed by atoms with E-state index in [0.29, 0.717) is 6.54 Å². The molecule has 2 N–H and O–H groups in total. The van der Waals surface area contributed by atoms with Gasteiger partial charge in [0.05, 0.1) is 11.0 Å². The lowest BCUT2D eigenvalue weighted by molar-refractivity contribution is -0.383. The van der Waals surface area contributed by atoms with Gasteiger partial charge in [-0.1, -0.05) is 43.7 Å². The molecule has 0 spiro atoms. The molecule has 7 heteroatoms. The predicted molar refractivity (Wildman–Crippen MR) is 90.6 cm³/mol. The molecule has 2 aromatic rings. The average molecular weight is 315 g/mol. The lowest BCUT2D eigenvalue weighted by Gasteiger charge is -2.15. The summed E-state index contributed by atoms with van der Waals surface area (Å²) in [5.41, 5.74) is 0.910. The summed E-state index contributed by atoms with van der Waals surface area (Å²) in [4.78, 5) is 19.0. The fraction of sp³-hybridized carbons (Fsp3) is 0.375. The van der Waals surface area contributed by atoms with Crippen molar-refractivity contribution >= 4 is 17.3 Å². The van der Waals surface area contributed by atoms with Crippen molar-refractivity contribution in [2.75, 3.05) is 17.2 Å². The summed E-state index contributed by atoms with van der Waals surface area (Å²) in [6.07, 6.45) is 3.26. The monoisotopic (exact) mass is 315 g/mol. The average Bonchev–Trinajstić information content (AvgIpc) is 2.55. The van der Waals surface area contributed by atoms with Crippen LogP contribution in [0.4, 0.5) is 17.3 Å². The lowest BCUT2D eigenvalue weighted by Crippen LogP contribution is -2.13. The molecule has 7 nitrogen and oxygen atoms in total. The van der Waals surface area contributed by atoms with Gasteiger partial charge in [0.15, 0.2) is 0 Å². The molecule has 0 amide bonds. The Kier molecular flexibility index (Phi) is 5.85. The number of anilines is 2. The largest absolute Gasteiger partial charge is 0.364 e. The van der Waals surface area contributed by atoms with Gasteiger partial charge in [0.2, 0.25) is 11.6 Å². The van der Waals surface area contributed by atoms with E-state index in [0.717, 1.165) is 18.4 Å². The molecule has 2 rings (SSSR count). The maximum Gasteiger partial charge on any atom is 0.353 e. The molecule has 0 fully saturated rings. The Morgan fingerprint density at radius 3 is 2.57 bits per heavy atom.